The molecule has 1 fully saturated rings. The second-order valence-electron chi connectivity index (χ2n) is 14.2. The largest absolute Gasteiger partial charge is 0.490 e. The second kappa shape index (κ2) is 15.0. The lowest BCUT2D eigenvalue weighted by atomic mass is 9.78. The smallest absolute Gasteiger partial charge is 0.262 e. The zero-order valence-electron chi connectivity index (χ0n) is 30.5. The van der Waals surface area contributed by atoms with Crippen LogP contribution in [0.25, 0.3) is 0 Å². The summed E-state index contributed by atoms with van der Waals surface area (Å²) in [5, 5.41) is 14.1. The molecule has 1 saturated carbocycles. The number of nitrogens with one attached hydrogen (secondary N) is 2. The summed E-state index contributed by atoms with van der Waals surface area (Å²) in [7, 11) is 1.43. The molecule has 276 valence electrons. The van der Waals surface area contributed by atoms with Crippen LogP contribution < -0.4 is 20.1 Å². The maximum Gasteiger partial charge on any atom is 0.262 e. The van der Waals surface area contributed by atoms with Crippen LogP contribution in [0, 0.1) is 0 Å². The van der Waals surface area contributed by atoms with Gasteiger partial charge in [-0.15, -0.1) is 0 Å². The van der Waals surface area contributed by atoms with E-state index in [1.807, 2.05) is 31.2 Å². The molecule has 1 aliphatic carbocycles. The summed E-state index contributed by atoms with van der Waals surface area (Å²) in [6.07, 6.45) is 6.29. The molecule has 3 aliphatic rings. The molecule has 7 rings (SSSR count). The van der Waals surface area contributed by atoms with E-state index in [4.69, 9.17) is 9.47 Å². The third-order valence-corrected chi connectivity index (χ3v) is 10.1. The Labute approximate surface area is 312 Å². The molecule has 2 aliphatic heterocycles. The van der Waals surface area contributed by atoms with Crippen molar-refractivity contribution in [1.29, 1.82) is 0 Å². The summed E-state index contributed by atoms with van der Waals surface area (Å²) in [5.74, 6) is 1.000. The number of imide groups is 1. The average Bonchev–Trinajstić information content (AvgIpc) is 3.71. The van der Waals surface area contributed by atoms with Gasteiger partial charge in [-0.2, -0.15) is 10.2 Å². The number of aldehydes is 1. The van der Waals surface area contributed by atoms with Crippen LogP contribution in [0.1, 0.15) is 90.5 Å². The van der Waals surface area contributed by atoms with Crippen molar-refractivity contribution < 1.29 is 28.7 Å². The maximum absolute atomic E-state index is 13.3. The van der Waals surface area contributed by atoms with E-state index in [9.17, 15) is 19.2 Å². The van der Waals surface area contributed by atoms with Gasteiger partial charge in [0.05, 0.1) is 23.5 Å². The number of hydrogen-bond acceptors (Lipinski definition) is 11. The molecule has 0 radical (unpaired) electrons. The first kappa shape index (κ1) is 36.1. The third kappa shape index (κ3) is 7.34. The molecule has 1 unspecified atom stereocenters. The molecular weight excluding hydrogens is 686 g/mol. The summed E-state index contributed by atoms with van der Waals surface area (Å²) in [6, 6.07) is 20.3. The number of likely N-dealkylation sites (N-methyl/N-ethyl adjacent to an activating group) is 1. The number of carbonyl (C=O) groups excluding carboxylic acids is 4. The Balaban J connectivity index is 0.903. The van der Waals surface area contributed by atoms with Crippen molar-refractivity contribution >= 4 is 41.1 Å². The summed E-state index contributed by atoms with van der Waals surface area (Å²) >= 11 is 0. The normalized spacial score (nSPS) is 18.3. The van der Waals surface area contributed by atoms with Gasteiger partial charge in [0.15, 0.2) is 11.6 Å². The highest BCUT2D eigenvalue weighted by Crippen LogP contribution is 2.36. The molecule has 3 heterocycles. The van der Waals surface area contributed by atoms with E-state index in [1.54, 1.807) is 30.6 Å². The van der Waals surface area contributed by atoms with Crippen LogP contribution in [0.5, 0.6) is 17.2 Å². The first-order valence-corrected chi connectivity index (χ1v) is 18.0. The van der Waals surface area contributed by atoms with Gasteiger partial charge in [-0.1, -0.05) is 38.1 Å². The van der Waals surface area contributed by atoms with Gasteiger partial charge in [0.25, 0.3) is 11.8 Å². The van der Waals surface area contributed by atoms with Crippen LogP contribution in [-0.2, 0) is 15.0 Å². The molecule has 2 N–H and O–H groups in total. The van der Waals surface area contributed by atoms with Crippen molar-refractivity contribution in [3.05, 3.63) is 107 Å². The second-order valence-corrected chi connectivity index (χ2v) is 14.2. The van der Waals surface area contributed by atoms with Gasteiger partial charge in [-0.25, -0.2) is 9.97 Å². The number of rotatable bonds is 14. The molecule has 0 saturated heterocycles. The molecule has 3 aromatic carbocycles. The molecular formula is C41H41N7O6. The lowest BCUT2D eigenvalue weighted by Gasteiger charge is -2.36. The van der Waals surface area contributed by atoms with Gasteiger partial charge in [-0.05, 0) is 66.9 Å². The van der Waals surface area contributed by atoms with E-state index < -0.39 is 23.8 Å². The summed E-state index contributed by atoms with van der Waals surface area (Å²) in [4.78, 5) is 59.5. The number of amides is 3. The first-order chi connectivity index (χ1) is 26.0. The van der Waals surface area contributed by atoms with Gasteiger partial charge in [0.2, 0.25) is 5.91 Å². The molecule has 13 nitrogen and oxygen atoms in total. The fourth-order valence-electron chi connectivity index (χ4n) is 6.90. The van der Waals surface area contributed by atoms with Crippen LogP contribution in [-0.4, -0.2) is 75.5 Å². The van der Waals surface area contributed by atoms with Crippen LogP contribution in [0.4, 0.5) is 5.69 Å². The van der Waals surface area contributed by atoms with Crippen molar-refractivity contribution in [2.75, 3.05) is 12.4 Å². The Morgan fingerprint density at radius 2 is 1.56 bits per heavy atom. The highest BCUT2D eigenvalue weighted by atomic mass is 16.5. The van der Waals surface area contributed by atoms with Crippen LogP contribution >= 0.6 is 0 Å². The van der Waals surface area contributed by atoms with Crippen LogP contribution in [0.2, 0.25) is 0 Å². The molecule has 1 atom stereocenters. The highest BCUT2D eigenvalue weighted by molar-refractivity contribution is 6.23. The Kier molecular flexibility index (Phi) is 10.0. The fourth-order valence-corrected chi connectivity index (χ4v) is 6.90. The van der Waals surface area contributed by atoms with Crippen molar-refractivity contribution in [3.63, 3.8) is 0 Å². The van der Waals surface area contributed by atoms with Gasteiger partial charge < -0.3 is 24.9 Å². The molecule has 0 bridgehead atoms. The van der Waals surface area contributed by atoms with Gasteiger partial charge in [0, 0.05) is 55.6 Å². The van der Waals surface area contributed by atoms with Crippen molar-refractivity contribution in [3.8, 4) is 17.2 Å². The zero-order chi connectivity index (χ0) is 38.0. The molecule has 3 amide bonds. The van der Waals surface area contributed by atoms with Crippen LogP contribution in [0.3, 0.4) is 0 Å². The van der Waals surface area contributed by atoms with E-state index in [2.05, 4.69) is 68.9 Å². The Morgan fingerprint density at radius 3 is 2.17 bits per heavy atom. The molecule has 0 spiro atoms. The van der Waals surface area contributed by atoms with Crippen LogP contribution in [0.15, 0.2) is 89.3 Å². The standard InChI is InChI=1S/C41H41N7O6/c1-24-18-35(47-46-24)37-43-22-32(23-44-37)54-30-14-9-26(10-15-30)41(2,3)25-7-12-29(13-8-25)53-31-19-28(20-31)45-27-11-16-33-34(21-27)40(52)48(39(33)51)36(6-5-17-49)38(50)42-4/h7-17,21-23,28,31,36,45H,5-6,18-20H2,1-4H3,(H,42,50)/t28-,31+,36?. The predicted octanol–water partition coefficient (Wildman–Crippen LogP) is 5.88. The number of aromatic nitrogens is 2. The van der Waals surface area contributed by atoms with Crippen molar-refractivity contribution in [2.45, 2.75) is 76.5 Å². The third-order valence-electron chi connectivity index (χ3n) is 10.1. The SMILES string of the molecule is CNC(=O)C(CCC=O)N1C(=O)c2ccc(N[C@H]3C[C@@H](Oc4ccc(C(C)(C)c5ccc(Oc6cnc(C7=NN=C(C)C7)nc6)cc5)cc4)C3)cc2C1=O. The fraction of sp³-hybridized carbons (Fsp3) is 0.317. The minimum atomic E-state index is -1.05. The number of fused-ring (bicyclic) bond motifs is 1. The summed E-state index contributed by atoms with van der Waals surface area (Å²) < 4.78 is 12.3. The predicted molar refractivity (Wildman–Crippen MR) is 203 cm³/mol. The lowest BCUT2D eigenvalue weighted by molar-refractivity contribution is -0.124. The minimum absolute atomic E-state index is 0.0319. The zero-order valence-corrected chi connectivity index (χ0v) is 30.5. The maximum atomic E-state index is 13.3. The minimum Gasteiger partial charge on any atom is -0.490 e. The molecule has 54 heavy (non-hydrogen) atoms. The number of nitrogens with zero attached hydrogens (tertiary/aromatic N) is 5. The average molecular weight is 728 g/mol. The van der Waals surface area contributed by atoms with E-state index in [0.29, 0.717) is 35.7 Å². The summed E-state index contributed by atoms with van der Waals surface area (Å²) in [6.45, 7) is 6.28. The Bertz CT molecular complexity index is 2140. The van der Waals surface area contributed by atoms with E-state index in [-0.39, 0.29) is 41.5 Å². The number of carbonyl (C=O) groups is 4. The number of ether oxygens (including phenoxy) is 2. The number of anilines is 1. The van der Waals surface area contributed by atoms with Gasteiger partial charge >= 0.3 is 0 Å². The van der Waals surface area contributed by atoms with E-state index in [1.165, 1.54) is 7.05 Å². The lowest BCUT2D eigenvalue weighted by Crippen LogP contribution is -2.48. The van der Waals surface area contributed by atoms with Gasteiger partial charge in [0.1, 0.15) is 35.6 Å². The quantitative estimate of drug-likeness (QED) is 0.119. The highest BCUT2D eigenvalue weighted by Gasteiger charge is 2.42. The number of benzene rings is 3. The molecule has 4 aromatic rings. The van der Waals surface area contributed by atoms with Gasteiger partial charge in [-0.3, -0.25) is 19.3 Å². The van der Waals surface area contributed by atoms with Crippen molar-refractivity contribution in [2.24, 2.45) is 10.2 Å². The topological polar surface area (TPSA) is 165 Å². The van der Waals surface area contributed by atoms with E-state index >= 15 is 0 Å². The Morgan fingerprint density at radius 1 is 0.907 bits per heavy atom. The summed E-state index contributed by atoms with van der Waals surface area (Å²) in [5.41, 5.74) is 4.88. The van der Waals surface area contributed by atoms with E-state index in [0.717, 1.165) is 46.0 Å². The monoisotopic (exact) mass is 727 g/mol. The first-order valence-electron chi connectivity index (χ1n) is 18.0. The molecule has 1 aromatic heterocycles. The Hall–Kier alpha value is -6.24. The number of hydrogen-bond donors (Lipinski definition) is 2. The van der Waals surface area contributed by atoms with Crippen molar-refractivity contribution in [1.82, 2.24) is 20.2 Å². The molecule has 13 heteroatoms.